The van der Waals surface area contributed by atoms with Gasteiger partial charge in [0, 0.05) is 12.6 Å². The van der Waals surface area contributed by atoms with Gasteiger partial charge in [0.15, 0.2) is 0 Å². The molecule has 70 valence electrons. The molecule has 0 aromatic heterocycles. The topological polar surface area (TPSA) is 3.24 Å². The molecule has 0 aromatic rings. The van der Waals surface area contributed by atoms with Crippen LogP contribution in [0.1, 0.15) is 33.1 Å². The van der Waals surface area contributed by atoms with Crippen LogP contribution >= 0.6 is 0 Å². The Morgan fingerprint density at radius 3 is 2.67 bits per heavy atom. The third kappa shape index (κ3) is 2.34. The highest BCUT2D eigenvalue weighted by atomic mass is 15.1. The Hall–Kier alpha value is -0.300. The summed E-state index contributed by atoms with van der Waals surface area (Å²) >= 11 is 0. The average molecular weight is 167 g/mol. The van der Waals surface area contributed by atoms with Crippen LogP contribution in [0.15, 0.2) is 12.7 Å². The molecule has 0 amide bonds. The van der Waals surface area contributed by atoms with E-state index in [4.69, 9.17) is 0 Å². The van der Waals surface area contributed by atoms with Crippen molar-refractivity contribution in [3.05, 3.63) is 12.7 Å². The van der Waals surface area contributed by atoms with E-state index in [0.29, 0.717) is 5.41 Å². The van der Waals surface area contributed by atoms with Gasteiger partial charge in [-0.1, -0.05) is 19.9 Å². The van der Waals surface area contributed by atoms with Gasteiger partial charge in [0.2, 0.25) is 0 Å². The molecule has 1 fully saturated rings. The lowest BCUT2D eigenvalue weighted by molar-refractivity contribution is 0.248. The van der Waals surface area contributed by atoms with Crippen LogP contribution < -0.4 is 0 Å². The molecule has 1 heteroatoms. The molecule has 0 N–H and O–H groups in total. The summed E-state index contributed by atoms with van der Waals surface area (Å²) in [7, 11) is 2.20. The first-order valence-electron chi connectivity index (χ1n) is 4.86. The maximum atomic E-state index is 3.77. The van der Waals surface area contributed by atoms with Crippen molar-refractivity contribution in [3.63, 3.8) is 0 Å². The molecule has 0 aliphatic heterocycles. The monoisotopic (exact) mass is 167 g/mol. The lowest BCUT2D eigenvalue weighted by Gasteiger charge is -2.24. The van der Waals surface area contributed by atoms with Crippen LogP contribution in [0.2, 0.25) is 0 Å². The normalized spacial score (nSPS) is 27.8. The van der Waals surface area contributed by atoms with Crippen LogP contribution in [0.25, 0.3) is 0 Å². The molecular formula is C11H21N. The quantitative estimate of drug-likeness (QED) is 0.584. The highest BCUT2D eigenvalue weighted by molar-refractivity contribution is 4.88. The molecule has 12 heavy (non-hydrogen) atoms. The van der Waals surface area contributed by atoms with E-state index in [1.54, 1.807) is 0 Å². The predicted octanol–water partition coefficient (Wildman–Crippen LogP) is 2.68. The van der Waals surface area contributed by atoms with Crippen molar-refractivity contribution in [2.45, 2.75) is 39.2 Å². The van der Waals surface area contributed by atoms with Crippen molar-refractivity contribution in [3.8, 4) is 0 Å². The van der Waals surface area contributed by atoms with Gasteiger partial charge in [-0.2, -0.15) is 0 Å². The summed E-state index contributed by atoms with van der Waals surface area (Å²) in [5.41, 5.74) is 0.570. The molecule has 1 rings (SSSR count). The molecule has 0 heterocycles. The van der Waals surface area contributed by atoms with E-state index < -0.39 is 0 Å². The Kier molecular flexibility index (Phi) is 2.94. The van der Waals surface area contributed by atoms with Crippen molar-refractivity contribution in [2.24, 2.45) is 5.41 Å². The summed E-state index contributed by atoms with van der Waals surface area (Å²) in [5, 5.41) is 0. The molecule has 0 radical (unpaired) electrons. The standard InChI is InChI=1S/C11H21N/c1-5-8-12(4)10-6-7-11(2,3)9-10/h5,10H,1,6-9H2,2-4H3. The van der Waals surface area contributed by atoms with Crippen LogP contribution in [0, 0.1) is 5.41 Å². The largest absolute Gasteiger partial charge is 0.300 e. The highest BCUT2D eigenvalue weighted by Gasteiger charge is 2.32. The third-order valence-electron chi connectivity index (χ3n) is 2.98. The smallest absolute Gasteiger partial charge is 0.0160 e. The Balaban J connectivity index is 2.40. The minimum Gasteiger partial charge on any atom is -0.300 e. The van der Waals surface area contributed by atoms with Crippen LogP contribution in [-0.4, -0.2) is 24.5 Å². The molecule has 1 atom stereocenters. The van der Waals surface area contributed by atoms with E-state index >= 15 is 0 Å². The number of hydrogen-bond donors (Lipinski definition) is 0. The molecular weight excluding hydrogens is 146 g/mol. The SMILES string of the molecule is C=CCN(C)C1CCC(C)(C)C1. The second-order valence-electron chi connectivity index (χ2n) is 4.79. The zero-order valence-corrected chi connectivity index (χ0v) is 8.64. The third-order valence-corrected chi connectivity index (χ3v) is 2.98. The second-order valence-corrected chi connectivity index (χ2v) is 4.79. The minimum absolute atomic E-state index is 0.570. The van der Waals surface area contributed by atoms with Crippen LogP contribution in [-0.2, 0) is 0 Å². The first-order valence-corrected chi connectivity index (χ1v) is 4.86. The van der Waals surface area contributed by atoms with Crippen molar-refractivity contribution < 1.29 is 0 Å². The van der Waals surface area contributed by atoms with E-state index in [1.807, 2.05) is 6.08 Å². The zero-order valence-electron chi connectivity index (χ0n) is 8.64. The molecule has 0 aromatic carbocycles. The van der Waals surface area contributed by atoms with Crippen LogP contribution in [0.3, 0.4) is 0 Å². The molecule has 0 spiro atoms. The van der Waals surface area contributed by atoms with E-state index in [-0.39, 0.29) is 0 Å². The summed E-state index contributed by atoms with van der Waals surface area (Å²) in [6, 6.07) is 0.790. The van der Waals surface area contributed by atoms with Gasteiger partial charge in [0.1, 0.15) is 0 Å². The summed E-state index contributed by atoms with van der Waals surface area (Å²) in [6.45, 7) is 9.53. The molecule has 1 aliphatic rings. The van der Waals surface area contributed by atoms with Crippen LogP contribution in [0.5, 0.6) is 0 Å². The van der Waals surface area contributed by atoms with Gasteiger partial charge in [-0.3, -0.25) is 4.90 Å². The average Bonchev–Trinajstić information content (AvgIpc) is 2.31. The fourth-order valence-electron chi connectivity index (χ4n) is 2.13. The lowest BCUT2D eigenvalue weighted by Crippen LogP contribution is -2.30. The number of hydrogen-bond acceptors (Lipinski definition) is 1. The van der Waals surface area contributed by atoms with E-state index in [2.05, 4.69) is 32.4 Å². The predicted molar refractivity (Wildman–Crippen MR) is 54.2 cm³/mol. The fourth-order valence-corrected chi connectivity index (χ4v) is 2.13. The fraction of sp³-hybridized carbons (Fsp3) is 0.818. The van der Waals surface area contributed by atoms with E-state index in [1.165, 1.54) is 19.3 Å². The van der Waals surface area contributed by atoms with Gasteiger partial charge in [0.25, 0.3) is 0 Å². The van der Waals surface area contributed by atoms with Crippen molar-refractivity contribution >= 4 is 0 Å². The Bertz CT molecular complexity index is 160. The summed E-state index contributed by atoms with van der Waals surface area (Å²) in [5.74, 6) is 0. The van der Waals surface area contributed by atoms with Crippen molar-refractivity contribution in [2.75, 3.05) is 13.6 Å². The number of nitrogens with zero attached hydrogens (tertiary/aromatic N) is 1. The summed E-state index contributed by atoms with van der Waals surface area (Å²) < 4.78 is 0. The molecule has 1 unspecified atom stereocenters. The van der Waals surface area contributed by atoms with Gasteiger partial charge in [-0.25, -0.2) is 0 Å². The van der Waals surface area contributed by atoms with Crippen molar-refractivity contribution in [1.82, 2.24) is 4.90 Å². The summed E-state index contributed by atoms with van der Waals surface area (Å²) in [4.78, 5) is 2.42. The molecule has 0 bridgehead atoms. The Labute approximate surface area is 76.5 Å². The molecule has 1 nitrogen and oxygen atoms in total. The zero-order chi connectivity index (χ0) is 9.19. The number of likely N-dealkylation sites (N-methyl/N-ethyl adjacent to an activating group) is 1. The maximum Gasteiger partial charge on any atom is 0.0160 e. The molecule has 1 saturated carbocycles. The Morgan fingerprint density at radius 2 is 2.25 bits per heavy atom. The van der Waals surface area contributed by atoms with Gasteiger partial charge in [0.05, 0.1) is 0 Å². The maximum absolute atomic E-state index is 3.77. The van der Waals surface area contributed by atoms with Gasteiger partial charge in [-0.05, 0) is 31.7 Å². The summed E-state index contributed by atoms with van der Waals surface area (Å²) in [6.07, 6.45) is 6.07. The van der Waals surface area contributed by atoms with E-state index in [0.717, 1.165) is 12.6 Å². The Morgan fingerprint density at radius 1 is 1.58 bits per heavy atom. The number of rotatable bonds is 3. The highest BCUT2D eigenvalue weighted by Crippen LogP contribution is 2.38. The molecule has 0 saturated heterocycles. The van der Waals surface area contributed by atoms with Gasteiger partial charge >= 0.3 is 0 Å². The second kappa shape index (κ2) is 3.61. The van der Waals surface area contributed by atoms with Crippen LogP contribution in [0.4, 0.5) is 0 Å². The van der Waals surface area contributed by atoms with Gasteiger partial charge in [-0.15, -0.1) is 6.58 Å². The first kappa shape index (κ1) is 9.79. The first-order chi connectivity index (χ1) is 5.55. The lowest BCUT2D eigenvalue weighted by atomic mass is 9.91. The van der Waals surface area contributed by atoms with Crippen molar-refractivity contribution in [1.29, 1.82) is 0 Å². The molecule has 1 aliphatic carbocycles. The van der Waals surface area contributed by atoms with Gasteiger partial charge < -0.3 is 0 Å². The van der Waals surface area contributed by atoms with E-state index in [9.17, 15) is 0 Å². The minimum atomic E-state index is 0.570.